The molecule has 4 heteroatoms. The minimum atomic E-state index is -2.42. The zero-order chi connectivity index (χ0) is 10.7. The SMILES string of the molecule is CC(C)c1cc(CN)cc(C(F)F)c1.Cl. The van der Waals surface area contributed by atoms with Gasteiger partial charge in [0.2, 0.25) is 0 Å². The van der Waals surface area contributed by atoms with Crippen LogP contribution in [0.4, 0.5) is 8.78 Å². The van der Waals surface area contributed by atoms with Crippen LogP contribution >= 0.6 is 12.4 Å². The van der Waals surface area contributed by atoms with E-state index in [0.717, 1.165) is 11.1 Å². The third-order valence-corrected chi connectivity index (χ3v) is 2.19. The molecule has 2 N–H and O–H groups in total. The van der Waals surface area contributed by atoms with Crippen molar-refractivity contribution in [1.82, 2.24) is 0 Å². The van der Waals surface area contributed by atoms with Gasteiger partial charge in [0.05, 0.1) is 0 Å². The summed E-state index contributed by atoms with van der Waals surface area (Å²) in [4.78, 5) is 0. The van der Waals surface area contributed by atoms with Crippen molar-refractivity contribution in [3.05, 3.63) is 34.9 Å². The standard InChI is InChI=1S/C11H15F2N.ClH/c1-7(2)9-3-8(6-14)4-10(5-9)11(12)13;/h3-5,7,11H,6,14H2,1-2H3;1H. The molecule has 1 nitrogen and oxygen atoms in total. The molecular formula is C11H16ClF2N. The van der Waals surface area contributed by atoms with Crippen LogP contribution in [0.25, 0.3) is 0 Å². The number of hydrogen-bond donors (Lipinski definition) is 1. The first kappa shape index (κ1) is 14.3. The van der Waals surface area contributed by atoms with Crippen molar-refractivity contribution in [3.63, 3.8) is 0 Å². The molecule has 0 spiro atoms. The van der Waals surface area contributed by atoms with Gasteiger partial charge in [-0.3, -0.25) is 0 Å². The first-order valence-electron chi connectivity index (χ1n) is 4.66. The van der Waals surface area contributed by atoms with Crippen molar-refractivity contribution >= 4 is 12.4 Å². The van der Waals surface area contributed by atoms with E-state index in [1.54, 1.807) is 6.07 Å². The van der Waals surface area contributed by atoms with E-state index in [2.05, 4.69) is 0 Å². The van der Waals surface area contributed by atoms with Gasteiger partial charge in [0.1, 0.15) is 0 Å². The molecule has 0 saturated heterocycles. The molecular weight excluding hydrogens is 220 g/mol. The Labute approximate surface area is 95.1 Å². The highest BCUT2D eigenvalue weighted by atomic mass is 35.5. The van der Waals surface area contributed by atoms with Crippen molar-refractivity contribution in [1.29, 1.82) is 0 Å². The van der Waals surface area contributed by atoms with Gasteiger partial charge in [-0.25, -0.2) is 8.78 Å². The quantitative estimate of drug-likeness (QED) is 0.851. The maximum absolute atomic E-state index is 12.5. The van der Waals surface area contributed by atoms with Gasteiger partial charge in [0, 0.05) is 12.1 Å². The average molecular weight is 236 g/mol. The van der Waals surface area contributed by atoms with Gasteiger partial charge in [0.25, 0.3) is 6.43 Å². The molecule has 0 bridgehead atoms. The summed E-state index contributed by atoms with van der Waals surface area (Å²) in [6.45, 7) is 4.26. The molecule has 0 aliphatic heterocycles. The topological polar surface area (TPSA) is 26.0 Å². The molecule has 0 amide bonds. The fourth-order valence-electron chi connectivity index (χ4n) is 1.32. The van der Waals surface area contributed by atoms with E-state index in [1.165, 1.54) is 6.07 Å². The molecule has 0 heterocycles. The second-order valence-electron chi connectivity index (χ2n) is 3.67. The van der Waals surface area contributed by atoms with Gasteiger partial charge < -0.3 is 5.73 Å². The van der Waals surface area contributed by atoms with Crippen LogP contribution in [0.2, 0.25) is 0 Å². The van der Waals surface area contributed by atoms with Crippen LogP contribution in [0, 0.1) is 0 Å². The first-order valence-corrected chi connectivity index (χ1v) is 4.66. The van der Waals surface area contributed by atoms with E-state index in [-0.39, 0.29) is 23.9 Å². The lowest BCUT2D eigenvalue weighted by Gasteiger charge is -2.10. The lowest BCUT2D eigenvalue weighted by atomic mass is 9.98. The van der Waals surface area contributed by atoms with Crippen molar-refractivity contribution < 1.29 is 8.78 Å². The minimum absolute atomic E-state index is 0. The van der Waals surface area contributed by atoms with E-state index in [9.17, 15) is 8.78 Å². The maximum atomic E-state index is 12.5. The van der Waals surface area contributed by atoms with E-state index in [0.29, 0.717) is 6.54 Å². The summed E-state index contributed by atoms with van der Waals surface area (Å²) in [6, 6.07) is 4.90. The zero-order valence-corrected chi connectivity index (χ0v) is 9.65. The third-order valence-electron chi connectivity index (χ3n) is 2.19. The first-order chi connectivity index (χ1) is 6.54. The highest BCUT2D eigenvalue weighted by molar-refractivity contribution is 5.85. The molecule has 86 valence electrons. The zero-order valence-electron chi connectivity index (χ0n) is 8.84. The van der Waals surface area contributed by atoms with Gasteiger partial charge in [-0.1, -0.05) is 19.9 Å². The van der Waals surface area contributed by atoms with Gasteiger partial charge >= 0.3 is 0 Å². The summed E-state index contributed by atoms with van der Waals surface area (Å²) in [5.41, 5.74) is 7.20. The van der Waals surface area contributed by atoms with Crippen LogP contribution in [0.1, 0.15) is 42.9 Å². The Morgan fingerprint density at radius 1 is 1.13 bits per heavy atom. The van der Waals surface area contributed by atoms with Gasteiger partial charge in [-0.2, -0.15) is 0 Å². The maximum Gasteiger partial charge on any atom is 0.263 e. The van der Waals surface area contributed by atoms with E-state index < -0.39 is 6.43 Å². The number of rotatable bonds is 3. The van der Waals surface area contributed by atoms with Crippen LogP contribution in [-0.2, 0) is 6.54 Å². The second kappa shape index (κ2) is 6.03. The third kappa shape index (κ3) is 3.76. The molecule has 0 radical (unpaired) electrons. The molecule has 15 heavy (non-hydrogen) atoms. The molecule has 0 aliphatic rings. The Balaban J connectivity index is 0.00000196. The molecule has 0 unspecified atom stereocenters. The summed E-state index contributed by atoms with van der Waals surface area (Å²) >= 11 is 0. The molecule has 1 rings (SSSR count). The van der Waals surface area contributed by atoms with Crippen LogP contribution in [0.15, 0.2) is 18.2 Å². The molecule has 0 fully saturated rings. The highest BCUT2D eigenvalue weighted by Crippen LogP contribution is 2.25. The monoisotopic (exact) mass is 235 g/mol. The Kier molecular flexibility index (Phi) is 5.76. The summed E-state index contributed by atoms with van der Waals surface area (Å²) in [6.07, 6.45) is -2.42. The van der Waals surface area contributed by atoms with Crippen LogP contribution in [0.5, 0.6) is 0 Å². The normalized spacial score (nSPS) is 10.6. The lowest BCUT2D eigenvalue weighted by molar-refractivity contribution is 0.151. The van der Waals surface area contributed by atoms with Crippen molar-refractivity contribution in [2.45, 2.75) is 32.7 Å². The summed E-state index contributed by atoms with van der Waals surface area (Å²) < 4.78 is 25.0. The largest absolute Gasteiger partial charge is 0.326 e. The van der Waals surface area contributed by atoms with Gasteiger partial charge in [0.15, 0.2) is 0 Å². The summed E-state index contributed by atoms with van der Waals surface area (Å²) in [7, 11) is 0. The fourth-order valence-corrected chi connectivity index (χ4v) is 1.32. The minimum Gasteiger partial charge on any atom is -0.326 e. The van der Waals surface area contributed by atoms with E-state index in [4.69, 9.17) is 5.73 Å². The molecule has 1 aromatic rings. The van der Waals surface area contributed by atoms with E-state index >= 15 is 0 Å². The summed E-state index contributed by atoms with van der Waals surface area (Å²) in [5, 5.41) is 0. The van der Waals surface area contributed by atoms with Crippen LogP contribution < -0.4 is 5.73 Å². The van der Waals surface area contributed by atoms with Crippen molar-refractivity contribution in [3.8, 4) is 0 Å². The molecule has 0 saturated carbocycles. The van der Waals surface area contributed by atoms with E-state index in [1.807, 2.05) is 19.9 Å². The molecule has 0 aromatic heterocycles. The fraction of sp³-hybridized carbons (Fsp3) is 0.455. The Hall–Kier alpha value is -0.670. The smallest absolute Gasteiger partial charge is 0.263 e. The Morgan fingerprint density at radius 2 is 1.67 bits per heavy atom. The number of halogens is 3. The lowest BCUT2D eigenvalue weighted by Crippen LogP contribution is -2.00. The second-order valence-corrected chi connectivity index (χ2v) is 3.67. The number of hydrogen-bond acceptors (Lipinski definition) is 1. The average Bonchev–Trinajstić information content (AvgIpc) is 2.16. The Bertz CT molecular complexity index is 287. The van der Waals surface area contributed by atoms with Crippen LogP contribution in [0.3, 0.4) is 0 Å². The predicted octanol–water partition coefficient (Wildman–Crippen LogP) is 3.63. The van der Waals surface area contributed by atoms with Crippen molar-refractivity contribution in [2.75, 3.05) is 0 Å². The molecule has 1 aromatic carbocycles. The Morgan fingerprint density at radius 3 is 2.07 bits per heavy atom. The molecule has 0 atom stereocenters. The molecule has 0 aliphatic carbocycles. The van der Waals surface area contributed by atoms with Gasteiger partial charge in [-0.15, -0.1) is 12.4 Å². The number of alkyl halides is 2. The highest BCUT2D eigenvalue weighted by Gasteiger charge is 2.10. The predicted molar refractivity (Wildman–Crippen MR) is 60.6 cm³/mol. The number of nitrogens with two attached hydrogens (primary N) is 1. The summed E-state index contributed by atoms with van der Waals surface area (Å²) in [5.74, 6) is 0.249. The number of benzene rings is 1. The van der Waals surface area contributed by atoms with Gasteiger partial charge in [-0.05, 0) is 29.2 Å². The van der Waals surface area contributed by atoms with Crippen molar-refractivity contribution in [2.24, 2.45) is 5.73 Å². The van der Waals surface area contributed by atoms with Crippen LogP contribution in [-0.4, -0.2) is 0 Å².